The standard InChI is InChI=1S/C15H23N3O2S/c1-10-9-21-14(16-10)13-8-20-7-6-18(13)15(19)17-11(2)12-4-3-5-12/h9,11-13H,3-8H2,1-2H3,(H,17,19)/t11-,13+/m0/s1. The summed E-state index contributed by atoms with van der Waals surface area (Å²) in [4.78, 5) is 19.0. The lowest BCUT2D eigenvalue weighted by atomic mass is 9.80. The molecular formula is C15H23N3O2S. The van der Waals surface area contributed by atoms with Gasteiger partial charge >= 0.3 is 6.03 Å². The second-order valence-corrected chi connectivity index (χ2v) is 6.93. The van der Waals surface area contributed by atoms with Gasteiger partial charge in [-0.05, 0) is 32.6 Å². The number of nitrogens with zero attached hydrogens (tertiary/aromatic N) is 2. The van der Waals surface area contributed by atoms with Crippen molar-refractivity contribution in [3.05, 3.63) is 16.1 Å². The van der Waals surface area contributed by atoms with Crippen LogP contribution < -0.4 is 5.32 Å². The Labute approximate surface area is 129 Å². The number of ether oxygens (including phenoxy) is 1. The second kappa shape index (κ2) is 6.32. The maximum atomic E-state index is 12.6. The summed E-state index contributed by atoms with van der Waals surface area (Å²) in [7, 11) is 0. The zero-order valence-electron chi connectivity index (χ0n) is 12.7. The van der Waals surface area contributed by atoms with E-state index in [0.717, 1.165) is 10.7 Å². The molecule has 2 atom stereocenters. The number of carbonyl (C=O) groups excluding carboxylic acids is 1. The van der Waals surface area contributed by atoms with E-state index in [-0.39, 0.29) is 18.1 Å². The van der Waals surface area contributed by atoms with Crippen molar-refractivity contribution in [2.75, 3.05) is 19.8 Å². The van der Waals surface area contributed by atoms with Gasteiger partial charge < -0.3 is 15.0 Å². The third-order valence-corrected chi connectivity index (χ3v) is 5.58. The highest BCUT2D eigenvalue weighted by Gasteiger charge is 2.33. The van der Waals surface area contributed by atoms with Crippen LogP contribution in [0.3, 0.4) is 0 Å². The Balaban J connectivity index is 1.66. The van der Waals surface area contributed by atoms with Gasteiger partial charge in [0.05, 0.1) is 13.2 Å². The molecule has 2 fully saturated rings. The van der Waals surface area contributed by atoms with Gasteiger partial charge in [-0.25, -0.2) is 9.78 Å². The lowest BCUT2D eigenvalue weighted by molar-refractivity contribution is 0.0102. The Morgan fingerprint density at radius 3 is 3.00 bits per heavy atom. The normalized spacial score (nSPS) is 24.5. The van der Waals surface area contributed by atoms with E-state index < -0.39 is 0 Å². The maximum absolute atomic E-state index is 12.6. The van der Waals surface area contributed by atoms with Gasteiger partial charge in [-0.1, -0.05) is 6.42 Å². The molecule has 116 valence electrons. The van der Waals surface area contributed by atoms with Crippen molar-refractivity contribution in [3.63, 3.8) is 0 Å². The average molecular weight is 309 g/mol. The number of aryl methyl sites for hydroxylation is 1. The summed E-state index contributed by atoms with van der Waals surface area (Å²) >= 11 is 1.61. The first-order valence-corrected chi connectivity index (χ1v) is 8.60. The third-order valence-electron chi connectivity index (χ3n) is 4.52. The summed E-state index contributed by atoms with van der Waals surface area (Å²) < 4.78 is 5.56. The lowest BCUT2D eigenvalue weighted by Crippen LogP contribution is -2.52. The van der Waals surface area contributed by atoms with Crippen LogP contribution in [0, 0.1) is 12.8 Å². The third kappa shape index (κ3) is 3.21. The molecule has 0 unspecified atom stereocenters. The fourth-order valence-corrected chi connectivity index (χ4v) is 3.80. The van der Waals surface area contributed by atoms with E-state index in [2.05, 4.69) is 17.2 Å². The molecule has 1 aliphatic carbocycles. The first-order valence-electron chi connectivity index (χ1n) is 7.72. The summed E-state index contributed by atoms with van der Waals surface area (Å²) in [5, 5.41) is 6.16. The van der Waals surface area contributed by atoms with E-state index in [1.807, 2.05) is 17.2 Å². The van der Waals surface area contributed by atoms with Crippen molar-refractivity contribution in [2.24, 2.45) is 5.92 Å². The van der Waals surface area contributed by atoms with Crippen molar-refractivity contribution in [2.45, 2.75) is 45.2 Å². The molecule has 0 bridgehead atoms. The fourth-order valence-electron chi connectivity index (χ4n) is 2.91. The van der Waals surface area contributed by atoms with Gasteiger partial charge in [-0.3, -0.25) is 0 Å². The van der Waals surface area contributed by atoms with E-state index in [1.54, 1.807) is 11.3 Å². The van der Waals surface area contributed by atoms with E-state index in [4.69, 9.17) is 4.74 Å². The van der Waals surface area contributed by atoms with Crippen LogP contribution in [-0.4, -0.2) is 41.7 Å². The summed E-state index contributed by atoms with van der Waals surface area (Å²) in [6.07, 6.45) is 3.77. The minimum atomic E-state index is -0.0500. The van der Waals surface area contributed by atoms with Gasteiger partial charge in [-0.15, -0.1) is 11.3 Å². The summed E-state index contributed by atoms with van der Waals surface area (Å²) in [6, 6.07) is 0.231. The van der Waals surface area contributed by atoms with Crippen molar-refractivity contribution in [1.29, 1.82) is 0 Å². The van der Waals surface area contributed by atoms with E-state index in [1.165, 1.54) is 19.3 Å². The van der Waals surface area contributed by atoms with Crippen molar-refractivity contribution < 1.29 is 9.53 Å². The monoisotopic (exact) mass is 309 g/mol. The number of amides is 2. The molecule has 2 amide bonds. The number of thiazole rings is 1. The van der Waals surface area contributed by atoms with Crippen LogP contribution in [0.25, 0.3) is 0 Å². The molecule has 21 heavy (non-hydrogen) atoms. The smallest absolute Gasteiger partial charge is 0.318 e. The Kier molecular flexibility index (Phi) is 4.45. The van der Waals surface area contributed by atoms with E-state index >= 15 is 0 Å². The van der Waals surface area contributed by atoms with Gasteiger partial charge in [0.2, 0.25) is 0 Å². The minimum absolute atomic E-state index is 0.0237. The number of morpholine rings is 1. The topological polar surface area (TPSA) is 54.5 Å². The Hall–Kier alpha value is -1.14. The molecule has 2 heterocycles. The largest absolute Gasteiger partial charge is 0.377 e. The maximum Gasteiger partial charge on any atom is 0.318 e. The molecule has 3 rings (SSSR count). The highest BCUT2D eigenvalue weighted by molar-refractivity contribution is 7.09. The van der Waals surface area contributed by atoms with Gasteiger partial charge in [-0.2, -0.15) is 0 Å². The Bertz CT molecular complexity index is 501. The number of hydrogen-bond donors (Lipinski definition) is 1. The average Bonchev–Trinajstić information content (AvgIpc) is 2.83. The molecule has 6 heteroatoms. The Morgan fingerprint density at radius 2 is 2.38 bits per heavy atom. The highest BCUT2D eigenvalue weighted by atomic mass is 32.1. The molecule has 1 N–H and O–H groups in total. The summed E-state index contributed by atoms with van der Waals surface area (Å²) in [6.45, 7) is 5.87. The fraction of sp³-hybridized carbons (Fsp3) is 0.733. The summed E-state index contributed by atoms with van der Waals surface area (Å²) in [5.74, 6) is 0.649. The first kappa shape index (κ1) is 14.8. The van der Waals surface area contributed by atoms with Gasteiger partial charge in [0.15, 0.2) is 0 Å². The summed E-state index contributed by atoms with van der Waals surface area (Å²) in [5.41, 5.74) is 1.00. The first-order chi connectivity index (χ1) is 10.1. The second-order valence-electron chi connectivity index (χ2n) is 6.04. The van der Waals surface area contributed by atoms with Crippen LogP contribution in [0.15, 0.2) is 5.38 Å². The van der Waals surface area contributed by atoms with Gasteiger partial charge in [0.1, 0.15) is 11.0 Å². The van der Waals surface area contributed by atoms with Crippen LogP contribution in [-0.2, 0) is 4.74 Å². The van der Waals surface area contributed by atoms with Crippen LogP contribution in [0.4, 0.5) is 4.79 Å². The number of nitrogens with one attached hydrogen (secondary N) is 1. The lowest BCUT2D eigenvalue weighted by Gasteiger charge is -2.37. The number of hydrogen-bond acceptors (Lipinski definition) is 4. The SMILES string of the molecule is Cc1csc([C@H]2COCCN2C(=O)N[C@@H](C)C2CCC2)n1. The van der Waals surface area contributed by atoms with E-state index in [9.17, 15) is 4.79 Å². The van der Waals surface area contributed by atoms with Crippen LogP contribution in [0.2, 0.25) is 0 Å². The zero-order valence-corrected chi connectivity index (χ0v) is 13.5. The molecular weight excluding hydrogens is 286 g/mol. The molecule has 1 saturated heterocycles. The molecule has 0 aromatic carbocycles. The Morgan fingerprint density at radius 1 is 1.57 bits per heavy atom. The molecule has 1 aliphatic heterocycles. The van der Waals surface area contributed by atoms with Gasteiger partial charge in [0, 0.05) is 23.7 Å². The van der Waals surface area contributed by atoms with Crippen molar-refractivity contribution >= 4 is 17.4 Å². The quantitative estimate of drug-likeness (QED) is 0.934. The number of rotatable bonds is 3. The number of carbonyl (C=O) groups is 1. The molecule has 1 saturated carbocycles. The predicted molar refractivity (Wildman–Crippen MR) is 82.5 cm³/mol. The number of aromatic nitrogens is 1. The molecule has 2 aliphatic rings. The predicted octanol–water partition coefficient (Wildman–Crippen LogP) is 2.72. The van der Waals surface area contributed by atoms with Crippen LogP contribution >= 0.6 is 11.3 Å². The zero-order chi connectivity index (χ0) is 14.8. The highest BCUT2D eigenvalue weighted by Crippen LogP contribution is 2.30. The molecule has 1 aromatic heterocycles. The van der Waals surface area contributed by atoms with Crippen molar-refractivity contribution in [3.8, 4) is 0 Å². The molecule has 5 nitrogen and oxygen atoms in total. The minimum Gasteiger partial charge on any atom is -0.377 e. The molecule has 0 spiro atoms. The number of urea groups is 1. The van der Waals surface area contributed by atoms with Crippen molar-refractivity contribution in [1.82, 2.24) is 15.2 Å². The molecule has 0 radical (unpaired) electrons. The van der Waals surface area contributed by atoms with Crippen LogP contribution in [0.5, 0.6) is 0 Å². The van der Waals surface area contributed by atoms with Crippen LogP contribution in [0.1, 0.15) is 42.9 Å². The molecule has 1 aromatic rings. The van der Waals surface area contributed by atoms with E-state index in [0.29, 0.717) is 25.7 Å². The van der Waals surface area contributed by atoms with Gasteiger partial charge in [0.25, 0.3) is 0 Å².